The highest BCUT2D eigenvalue weighted by molar-refractivity contribution is 9.10. The third-order valence-corrected chi connectivity index (χ3v) is 2.70. The van der Waals surface area contributed by atoms with Gasteiger partial charge in [-0.15, -0.1) is 0 Å². The molecule has 0 saturated heterocycles. The van der Waals surface area contributed by atoms with Crippen LogP contribution in [0.4, 0.5) is 5.69 Å². The smallest absolute Gasteiger partial charge is 0.307 e. The van der Waals surface area contributed by atoms with E-state index < -0.39 is 0 Å². The quantitative estimate of drug-likeness (QED) is 0.593. The van der Waals surface area contributed by atoms with E-state index in [1.807, 2.05) is 18.2 Å². The van der Waals surface area contributed by atoms with Gasteiger partial charge in [0.05, 0.1) is 19.6 Å². The predicted octanol–water partition coefficient (Wildman–Crippen LogP) is 1.93. The molecule has 0 heterocycles. The van der Waals surface area contributed by atoms with Crippen LogP contribution in [0.2, 0.25) is 0 Å². The van der Waals surface area contributed by atoms with Gasteiger partial charge in [0.2, 0.25) is 5.91 Å². The normalized spacial score (nSPS) is 10.0. The summed E-state index contributed by atoms with van der Waals surface area (Å²) in [6.45, 7) is 2.72. The Balaban J connectivity index is 2.20. The summed E-state index contributed by atoms with van der Waals surface area (Å²) >= 11 is 3.33. The molecule has 2 N–H and O–H groups in total. The van der Waals surface area contributed by atoms with E-state index in [4.69, 9.17) is 4.74 Å². The molecule has 0 fully saturated rings. The van der Waals surface area contributed by atoms with Crippen LogP contribution in [0.25, 0.3) is 0 Å². The Morgan fingerprint density at radius 1 is 1.37 bits per heavy atom. The van der Waals surface area contributed by atoms with Crippen molar-refractivity contribution < 1.29 is 14.3 Å². The Morgan fingerprint density at radius 3 is 2.84 bits per heavy atom. The van der Waals surface area contributed by atoms with Crippen LogP contribution in [0.5, 0.6) is 0 Å². The third-order valence-electron chi connectivity index (χ3n) is 2.21. The van der Waals surface area contributed by atoms with Crippen LogP contribution in [0.1, 0.15) is 13.3 Å². The minimum Gasteiger partial charge on any atom is -0.466 e. The highest BCUT2D eigenvalue weighted by Crippen LogP contribution is 2.15. The summed E-state index contributed by atoms with van der Waals surface area (Å²) in [6, 6.07) is 7.35. The highest BCUT2D eigenvalue weighted by Gasteiger charge is 2.04. The van der Waals surface area contributed by atoms with Crippen LogP contribution in [-0.2, 0) is 14.3 Å². The Kier molecular flexibility index (Phi) is 7.14. The SMILES string of the molecule is CCOC(=O)CCNCC(=O)Nc1cccc(Br)c1. The number of carbonyl (C=O) groups is 2. The molecule has 0 atom stereocenters. The Bertz CT molecular complexity index is 438. The van der Waals surface area contributed by atoms with Crippen molar-refractivity contribution in [3.8, 4) is 0 Å². The minimum atomic E-state index is -0.262. The van der Waals surface area contributed by atoms with Gasteiger partial charge in [0.25, 0.3) is 0 Å². The lowest BCUT2D eigenvalue weighted by Crippen LogP contribution is -2.29. The summed E-state index contributed by atoms with van der Waals surface area (Å²) in [5, 5.41) is 5.63. The molecule has 5 nitrogen and oxygen atoms in total. The van der Waals surface area contributed by atoms with Gasteiger partial charge in [-0.3, -0.25) is 9.59 Å². The van der Waals surface area contributed by atoms with Crippen molar-refractivity contribution in [1.29, 1.82) is 0 Å². The number of ether oxygens (including phenoxy) is 1. The molecule has 1 rings (SSSR count). The van der Waals surface area contributed by atoms with Gasteiger partial charge in [-0.05, 0) is 25.1 Å². The molecule has 0 aliphatic rings. The number of hydrogen-bond donors (Lipinski definition) is 2. The maximum Gasteiger partial charge on any atom is 0.307 e. The van der Waals surface area contributed by atoms with E-state index in [2.05, 4.69) is 26.6 Å². The molecule has 0 saturated carbocycles. The van der Waals surface area contributed by atoms with E-state index in [9.17, 15) is 9.59 Å². The van der Waals surface area contributed by atoms with Crippen LogP contribution >= 0.6 is 15.9 Å². The van der Waals surface area contributed by atoms with Crippen LogP contribution in [-0.4, -0.2) is 31.6 Å². The number of hydrogen-bond acceptors (Lipinski definition) is 4. The van der Waals surface area contributed by atoms with Gasteiger partial charge in [-0.2, -0.15) is 0 Å². The van der Waals surface area contributed by atoms with Crippen molar-refractivity contribution in [3.05, 3.63) is 28.7 Å². The Labute approximate surface area is 120 Å². The monoisotopic (exact) mass is 328 g/mol. The molecular weight excluding hydrogens is 312 g/mol. The lowest BCUT2D eigenvalue weighted by Gasteiger charge is -2.07. The summed E-state index contributed by atoms with van der Waals surface area (Å²) in [5.74, 6) is -0.413. The third kappa shape index (κ3) is 6.93. The second-order valence-electron chi connectivity index (χ2n) is 3.79. The number of esters is 1. The fourth-order valence-electron chi connectivity index (χ4n) is 1.40. The summed E-state index contributed by atoms with van der Waals surface area (Å²) in [5.41, 5.74) is 0.728. The second kappa shape index (κ2) is 8.66. The molecule has 19 heavy (non-hydrogen) atoms. The first-order valence-corrected chi connectivity index (χ1v) is 6.83. The predicted molar refractivity (Wildman–Crippen MR) is 76.9 cm³/mol. The van der Waals surface area contributed by atoms with Gasteiger partial charge < -0.3 is 15.4 Å². The van der Waals surface area contributed by atoms with Crippen molar-refractivity contribution in [1.82, 2.24) is 5.32 Å². The molecule has 6 heteroatoms. The zero-order valence-corrected chi connectivity index (χ0v) is 12.3. The van der Waals surface area contributed by atoms with E-state index in [1.54, 1.807) is 13.0 Å². The Morgan fingerprint density at radius 2 is 2.16 bits per heavy atom. The second-order valence-corrected chi connectivity index (χ2v) is 4.71. The van der Waals surface area contributed by atoms with Crippen molar-refractivity contribution in [2.45, 2.75) is 13.3 Å². The molecule has 0 spiro atoms. The Hall–Kier alpha value is -1.40. The maximum atomic E-state index is 11.6. The van der Waals surface area contributed by atoms with Gasteiger partial charge in [-0.1, -0.05) is 22.0 Å². The summed E-state index contributed by atoms with van der Waals surface area (Å²) < 4.78 is 5.68. The van der Waals surface area contributed by atoms with Crippen molar-refractivity contribution in [2.24, 2.45) is 0 Å². The summed E-state index contributed by atoms with van der Waals surface area (Å²) in [6.07, 6.45) is 0.262. The van der Waals surface area contributed by atoms with Gasteiger partial charge >= 0.3 is 5.97 Å². The topological polar surface area (TPSA) is 67.4 Å². The number of nitrogens with one attached hydrogen (secondary N) is 2. The minimum absolute atomic E-state index is 0.151. The van der Waals surface area contributed by atoms with Crippen molar-refractivity contribution in [2.75, 3.05) is 25.0 Å². The largest absolute Gasteiger partial charge is 0.466 e. The van der Waals surface area contributed by atoms with Crippen LogP contribution in [0.3, 0.4) is 0 Å². The van der Waals surface area contributed by atoms with Gasteiger partial charge in [-0.25, -0.2) is 0 Å². The lowest BCUT2D eigenvalue weighted by molar-refractivity contribution is -0.143. The molecule has 1 aromatic carbocycles. The molecule has 0 aliphatic carbocycles. The molecule has 104 valence electrons. The number of anilines is 1. The molecule has 1 aromatic rings. The molecular formula is C13H17BrN2O3. The van der Waals surface area contributed by atoms with Gasteiger partial charge in [0.1, 0.15) is 0 Å². The molecule has 0 radical (unpaired) electrons. The van der Waals surface area contributed by atoms with Crippen LogP contribution in [0, 0.1) is 0 Å². The zero-order chi connectivity index (χ0) is 14.1. The number of rotatable bonds is 7. The van der Waals surface area contributed by atoms with Crippen molar-refractivity contribution >= 4 is 33.5 Å². The molecule has 0 unspecified atom stereocenters. The van der Waals surface area contributed by atoms with E-state index in [1.165, 1.54) is 0 Å². The van der Waals surface area contributed by atoms with E-state index in [-0.39, 0.29) is 24.8 Å². The van der Waals surface area contributed by atoms with E-state index in [0.717, 1.165) is 10.2 Å². The van der Waals surface area contributed by atoms with Gasteiger partial charge in [0, 0.05) is 16.7 Å². The number of benzene rings is 1. The standard InChI is InChI=1S/C13H17BrN2O3/c1-2-19-13(18)6-7-15-9-12(17)16-11-5-3-4-10(14)8-11/h3-5,8,15H,2,6-7,9H2,1H3,(H,16,17). The molecule has 0 aromatic heterocycles. The average molecular weight is 329 g/mol. The van der Waals surface area contributed by atoms with Crippen LogP contribution < -0.4 is 10.6 Å². The first-order chi connectivity index (χ1) is 9.11. The fourth-order valence-corrected chi connectivity index (χ4v) is 1.80. The average Bonchev–Trinajstić information content (AvgIpc) is 2.35. The van der Waals surface area contributed by atoms with Crippen molar-refractivity contribution in [3.63, 3.8) is 0 Å². The number of halogens is 1. The lowest BCUT2D eigenvalue weighted by atomic mass is 10.3. The fraction of sp³-hybridized carbons (Fsp3) is 0.385. The van der Waals surface area contributed by atoms with E-state index in [0.29, 0.717) is 13.2 Å². The first-order valence-electron chi connectivity index (χ1n) is 6.03. The highest BCUT2D eigenvalue weighted by atomic mass is 79.9. The van der Waals surface area contributed by atoms with E-state index >= 15 is 0 Å². The number of carbonyl (C=O) groups excluding carboxylic acids is 2. The maximum absolute atomic E-state index is 11.6. The molecule has 0 aliphatic heterocycles. The summed E-state index contributed by atoms with van der Waals surface area (Å²) in [4.78, 5) is 22.6. The number of amides is 1. The van der Waals surface area contributed by atoms with Crippen LogP contribution in [0.15, 0.2) is 28.7 Å². The molecule has 1 amide bonds. The molecule has 0 bridgehead atoms. The summed E-state index contributed by atoms with van der Waals surface area (Å²) in [7, 11) is 0. The zero-order valence-electron chi connectivity index (χ0n) is 10.7. The first kappa shape index (κ1) is 15.7. The van der Waals surface area contributed by atoms with Gasteiger partial charge in [0.15, 0.2) is 0 Å².